The van der Waals surface area contributed by atoms with Crippen molar-refractivity contribution in [3.05, 3.63) is 142 Å². The molecule has 3 N–H and O–H groups in total. The van der Waals surface area contributed by atoms with Crippen LogP contribution in [0.15, 0.2) is 124 Å². The third kappa shape index (κ3) is 7.38. The number of amides is 2. The Balaban J connectivity index is 1.28. The quantitative estimate of drug-likeness (QED) is 0.0570. The number of oxime groups is 1. The number of carbonyl (C=O) groups is 3. The van der Waals surface area contributed by atoms with E-state index in [1.807, 2.05) is 54.6 Å². The van der Waals surface area contributed by atoms with E-state index in [0.717, 1.165) is 16.7 Å². The molecule has 3 aromatic carbocycles. The molecule has 52 heavy (non-hydrogen) atoms. The zero-order valence-electron chi connectivity index (χ0n) is 29.1. The molecule has 0 bridgehead atoms. The van der Waals surface area contributed by atoms with Gasteiger partial charge in [0.1, 0.15) is 35.7 Å². The van der Waals surface area contributed by atoms with E-state index in [1.165, 1.54) is 41.2 Å². The lowest BCUT2D eigenvalue weighted by atomic mass is 9.77. The van der Waals surface area contributed by atoms with Crippen LogP contribution in [0.25, 0.3) is 0 Å². The van der Waals surface area contributed by atoms with E-state index in [9.17, 15) is 19.5 Å². The number of anilines is 1. The Labute approximate surface area is 310 Å². The Morgan fingerprint density at radius 1 is 0.981 bits per heavy atom. The van der Waals surface area contributed by atoms with Crippen molar-refractivity contribution >= 4 is 51.7 Å². The van der Waals surface area contributed by atoms with Crippen LogP contribution in [0.5, 0.6) is 0 Å². The molecule has 1 fully saturated rings. The first-order valence-corrected chi connectivity index (χ1v) is 18.5. The zero-order chi connectivity index (χ0) is 36.9. The van der Waals surface area contributed by atoms with Crippen LogP contribution in [0.1, 0.15) is 43.2 Å². The average Bonchev–Trinajstić information content (AvgIpc) is 3.61. The van der Waals surface area contributed by atoms with Crippen LogP contribution in [-0.4, -0.2) is 75.6 Å². The molecule has 11 nitrogen and oxygen atoms in total. The summed E-state index contributed by atoms with van der Waals surface area (Å²) in [5.41, 5.74) is 1.54. The molecule has 0 aliphatic carbocycles. The number of rotatable bonds is 12. The van der Waals surface area contributed by atoms with E-state index >= 15 is 0 Å². The first kappa shape index (κ1) is 36.5. The second-order valence-corrected chi connectivity index (χ2v) is 14.9. The second kappa shape index (κ2) is 15.6. The number of aliphatic hydroxyl groups excluding tert-OH is 1. The Bertz CT molecular complexity index is 1910. The van der Waals surface area contributed by atoms with Gasteiger partial charge in [-0.05, 0) is 43.5 Å². The first-order chi connectivity index (χ1) is 25.1. The van der Waals surface area contributed by atoms with Gasteiger partial charge in [0.2, 0.25) is 0 Å². The van der Waals surface area contributed by atoms with Gasteiger partial charge in [-0.3, -0.25) is 14.5 Å². The number of carbonyl (C=O) groups excluding carboxylic acids is 3. The van der Waals surface area contributed by atoms with Gasteiger partial charge < -0.3 is 25.3 Å². The van der Waals surface area contributed by atoms with Crippen molar-refractivity contribution < 1.29 is 29.1 Å². The lowest BCUT2D eigenvalue weighted by Gasteiger charge is -2.50. The van der Waals surface area contributed by atoms with Crippen molar-refractivity contribution in [2.24, 2.45) is 5.16 Å². The summed E-state index contributed by atoms with van der Waals surface area (Å²) >= 11 is 2.65. The highest BCUT2D eigenvalue weighted by Crippen LogP contribution is 2.42. The maximum absolute atomic E-state index is 13.8. The molecule has 0 saturated carbocycles. The molecule has 1 aromatic heterocycles. The Morgan fingerprint density at radius 2 is 1.56 bits per heavy atom. The van der Waals surface area contributed by atoms with Gasteiger partial charge in [0.25, 0.3) is 11.8 Å². The highest BCUT2D eigenvalue weighted by Gasteiger charge is 2.54. The van der Waals surface area contributed by atoms with Gasteiger partial charge in [-0.1, -0.05) is 102 Å². The summed E-state index contributed by atoms with van der Waals surface area (Å²) < 4.78 is 5.62. The number of β-lactam (4-membered cyclic amide) rings is 1. The van der Waals surface area contributed by atoms with Crippen molar-refractivity contribution in [2.75, 3.05) is 24.8 Å². The minimum Gasteiger partial charge on any atom is -0.455 e. The van der Waals surface area contributed by atoms with Crippen LogP contribution in [0, 0.1) is 0 Å². The summed E-state index contributed by atoms with van der Waals surface area (Å²) in [6.45, 7) is 4.99. The number of benzene rings is 3. The predicted molar refractivity (Wildman–Crippen MR) is 203 cm³/mol. The van der Waals surface area contributed by atoms with E-state index in [1.54, 1.807) is 32.2 Å². The number of allylic oxidation sites excluding steroid dienone is 1. The van der Waals surface area contributed by atoms with Crippen LogP contribution in [0.2, 0.25) is 0 Å². The van der Waals surface area contributed by atoms with Crippen LogP contribution in [-0.2, 0) is 29.5 Å². The third-order valence-electron chi connectivity index (χ3n) is 8.42. The summed E-state index contributed by atoms with van der Waals surface area (Å²) in [5.74, 6) is -1.39. The van der Waals surface area contributed by atoms with Gasteiger partial charge in [-0.15, -0.1) is 23.1 Å². The topological polar surface area (TPSA) is 142 Å². The largest absolute Gasteiger partial charge is 0.455 e. The number of fused-ring (bicyclic) bond motifs is 1. The molecule has 4 aromatic rings. The molecular formula is C39H39N5O6S2. The van der Waals surface area contributed by atoms with E-state index < -0.39 is 41.0 Å². The SMILES string of the molecule is CON=C(C(=O)NC1C(=O)N2C(C(=O)OC(C)(C)C)=C(/C=C\CO)SCC12)c1csc(NC(c2ccccc2)(c2ccccc2)c2ccccc2)n1. The number of thiazole rings is 1. The highest BCUT2D eigenvalue weighted by atomic mass is 32.2. The lowest BCUT2D eigenvalue weighted by Crippen LogP contribution is -2.73. The summed E-state index contributed by atoms with van der Waals surface area (Å²) in [4.78, 5) is 52.5. The van der Waals surface area contributed by atoms with E-state index in [4.69, 9.17) is 14.6 Å². The fourth-order valence-electron chi connectivity index (χ4n) is 6.21. The fourth-order valence-corrected chi connectivity index (χ4v) is 8.16. The van der Waals surface area contributed by atoms with Crippen molar-refractivity contribution in [2.45, 2.75) is 44.0 Å². The number of esters is 1. The number of thioether (sulfide) groups is 1. The number of hydrogen-bond acceptors (Lipinski definition) is 11. The normalized spacial score (nSPS) is 17.8. The number of aliphatic hydroxyl groups is 1. The summed E-state index contributed by atoms with van der Waals surface area (Å²) in [6.07, 6.45) is 3.09. The Hall–Kier alpha value is -5.24. The van der Waals surface area contributed by atoms with Crippen LogP contribution in [0.3, 0.4) is 0 Å². The molecule has 1 saturated heterocycles. The van der Waals surface area contributed by atoms with Gasteiger partial charge in [0.15, 0.2) is 10.8 Å². The van der Waals surface area contributed by atoms with E-state index in [0.29, 0.717) is 15.8 Å². The third-order valence-corrected chi connectivity index (χ3v) is 10.3. The van der Waals surface area contributed by atoms with Crippen molar-refractivity contribution in [3.8, 4) is 0 Å². The summed E-state index contributed by atoms with van der Waals surface area (Å²) in [5, 5.41) is 22.1. The average molecular weight is 738 g/mol. The maximum atomic E-state index is 13.8. The molecule has 3 heterocycles. The second-order valence-electron chi connectivity index (χ2n) is 13.0. The highest BCUT2D eigenvalue weighted by molar-refractivity contribution is 8.03. The molecule has 0 radical (unpaired) electrons. The molecule has 2 amide bonds. The van der Waals surface area contributed by atoms with Gasteiger partial charge in [0, 0.05) is 16.0 Å². The maximum Gasteiger partial charge on any atom is 0.356 e. The van der Waals surface area contributed by atoms with Gasteiger partial charge in [-0.25, -0.2) is 9.78 Å². The number of nitrogens with zero attached hydrogens (tertiary/aromatic N) is 3. The molecule has 2 atom stereocenters. The number of hydrogen-bond donors (Lipinski definition) is 3. The molecule has 6 rings (SSSR count). The molecule has 2 unspecified atom stereocenters. The van der Waals surface area contributed by atoms with Crippen LogP contribution >= 0.6 is 23.1 Å². The standard InChI is InChI=1S/C39H39N5O6S2/c1-38(2,3)50-36(48)33-30(21-14-22-45)51-24-29-32(35(47)44(29)33)41-34(46)31(43-49-4)28-23-52-37(40-28)42-39(25-15-8-5-9-16-25,26-17-10-6-11-18-26)27-19-12-7-13-20-27/h5-21,23,29,32,45H,22,24H2,1-4H3,(H,40,42)(H,41,46)/b21-14-,43-31?. The number of aromatic nitrogens is 1. The Morgan fingerprint density at radius 3 is 2.08 bits per heavy atom. The molecular weight excluding hydrogens is 699 g/mol. The van der Waals surface area contributed by atoms with Crippen molar-refractivity contribution in [1.29, 1.82) is 0 Å². The van der Waals surface area contributed by atoms with Crippen LogP contribution < -0.4 is 10.6 Å². The summed E-state index contributed by atoms with van der Waals surface area (Å²) in [7, 11) is 1.33. The molecule has 13 heteroatoms. The van der Waals surface area contributed by atoms with Gasteiger partial charge in [-0.2, -0.15) is 0 Å². The first-order valence-electron chi connectivity index (χ1n) is 16.6. The molecule has 2 aliphatic heterocycles. The van der Waals surface area contributed by atoms with Crippen molar-refractivity contribution in [1.82, 2.24) is 15.2 Å². The fraction of sp³-hybridized carbons (Fsp3) is 0.256. The van der Waals surface area contributed by atoms with E-state index in [-0.39, 0.29) is 23.7 Å². The molecule has 0 spiro atoms. The lowest BCUT2D eigenvalue weighted by molar-refractivity contribution is -0.160. The van der Waals surface area contributed by atoms with Gasteiger partial charge >= 0.3 is 5.97 Å². The Kier molecular flexibility index (Phi) is 10.9. The minimum atomic E-state index is -0.930. The zero-order valence-corrected chi connectivity index (χ0v) is 30.7. The predicted octanol–water partition coefficient (Wildman–Crippen LogP) is 5.44. The number of ether oxygens (including phenoxy) is 1. The summed E-state index contributed by atoms with van der Waals surface area (Å²) in [6, 6.07) is 28.8. The van der Waals surface area contributed by atoms with E-state index in [2.05, 4.69) is 52.2 Å². The minimum absolute atomic E-state index is 0.0797. The van der Waals surface area contributed by atoms with Crippen molar-refractivity contribution in [3.63, 3.8) is 0 Å². The van der Waals surface area contributed by atoms with Crippen LogP contribution in [0.4, 0.5) is 5.13 Å². The monoisotopic (exact) mass is 737 g/mol. The van der Waals surface area contributed by atoms with Gasteiger partial charge in [0.05, 0.1) is 12.6 Å². The molecule has 2 aliphatic rings. The molecule has 268 valence electrons. The smallest absolute Gasteiger partial charge is 0.356 e. The number of nitrogens with one attached hydrogen (secondary N) is 2.